The highest BCUT2D eigenvalue weighted by Crippen LogP contribution is 2.44. The molecular weight excluding hydrogens is 376 g/mol. The van der Waals surface area contributed by atoms with E-state index in [-0.39, 0.29) is 5.91 Å². The molecule has 0 aliphatic carbocycles. The summed E-state index contributed by atoms with van der Waals surface area (Å²) in [5.74, 6) is 1.87. The van der Waals surface area contributed by atoms with Crippen molar-refractivity contribution in [1.29, 1.82) is 0 Å². The van der Waals surface area contributed by atoms with Gasteiger partial charge in [-0.1, -0.05) is 36.4 Å². The number of aromatic nitrogens is 1. The zero-order chi connectivity index (χ0) is 20.5. The Labute approximate surface area is 176 Å². The van der Waals surface area contributed by atoms with Crippen LogP contribution in [0.4, 0.5) is 11.5 Å². The first-order valence-corrected chi connectivity index (χ1v) is 10.2. The Hall–Kier alpha value is -3.38. The maximum absolute atomic E-state index is 13.3. The Kier molecular flexibility index (Phi) is 4.85. The summed E-state index contributed by atoms with van der Waals surface area (Å²) < 4.78 is 6.00. The minimum absolute atomic E-state index is 0.0904. The van der Waals surface area contributed by atoms with Crippen LogP contribution in [0.5, 0.6) is 11.5 Å². The Bertz CT molecular complexity index is 1010. The first kappa shape index (κ1) is 18.6. The number of ether oxygens (including phenoxy) is 1. The van der Waals surface area contributed by atoms with Crippen LogP contribution in [0.25, 0.3) is 0 Å². The van der Waals surface area contributed by atoms with Crippen LogP contribution in [0.2, 0.25) is 0 Å². The fourth-order valence-electron chi connectivity index (χ4n) is 4.09. The third-order valence-electron chi connectivity index (χ3n) is 5.78. The molecule has 0 saturated carbocycles. The van der Waals surface area contributed by atoms with Gasteiger partial charge >= 0.3 is 0 Å². The van der Waals surface area contributed by atoms with Crippen molar-refractivity contribution in [2.45, 2.75) is 5.92 Å². The van der Waals surface area contributed by atoms with Crippen molar-refractivity contribution in [2.75, 3.05) is 43.4 Å². The summed E-state index contributed by atoms with van der Waals surface area (Å²) in [5.41, 5.74) is 2.44. The summed E-state index contributed by atoms with van der Waals surface area (Å²) in [6.45, 7) is 3.99. The molecule has 0 atom stereocenters. The van der Waals surface area contributed by atoms with Crippen molar-refractivity contribution in [3.8, 4) is 11.5 Å². The second kappa shape index (κ2) is 7.80. The van der Waals surface area contributed by atoms with E-state index in [9.17, 15) is 4.79 Å². The van der Waals surface area contributed by atoms with Crippen molar-refractivity contribution in [2.24, 2.45) is 0 Å². The smallest absolute Gasteiger partial charge is 0.236 e. The Morgan fingerprint density at radius 3 is 2.17 bits per heavy atom. The van der Waals surface area contributed by atoms with E-state index in [1.165, 1.54) is 0 Å². The number of rotatable bonds is 3. The number of para-hydroxylation sites is 2. The van der Waals surface area contributed by atoms with Crippen molar-refractivity contribution in [3.05, 3.63) is 78.0 Å². The summed E-state index contributed by atoms with van der Waals surface area (Å²) in [6.07, 6.45) is 1.74. The van der Waals surface area contributed by atoms with Gasteiger partial charge in [0.25, 0.3) is 0 Å². The molecule has 0 bridgehead atoms. The van der Waals surface area contributed by atoms with Crippen LogP contribution in [0.1, 0.15) is 17.0 Å². The predicted molar refractivity (Wildman–Crippen MR) is 117 cm³/mol. The molecule has 3 aromatic rings. The molecule has 1 amide bonds. The van der Waals surface area contributed by atoms with Crippen molar-refractivity contribution >= 4 is 17.4 Å². The van der Waals surface area contributed by atoms with Gasteiger partial charge in [-0.25, -0.2) is 4.98 Å². The predicted octanol–water partition coefficient (Wildman–Crippen LogP) is 3.71. The zero-order valence-corrected chi connectivity index (χ0v) is 16.9. The van der Waals surface area contributed by atoms with Crippen LogP contribution in [-0.2, 0) is 4.79 Å². The lowest BCUT2D eigenvalue weighted by atomic mass is 9.87. The van der Waals surface area contributed by atoms with Crippen LogP contribution in [0.3, 0.4) is 0 Å². The van der Waals surface area contributed by atoms with Crippen LogP contribution < -0.4 is 15.0 Å². The number of anilines is 2. The SMILES string of the molecule is CN1CCN(c2ccc(NC(=O)C3c4ccccc4Oc4ccccc43)cn2)CC1. The largest absolute Gasteiger partial charge is 0.457 e. The Morgan fingerprint density at radius 2 is 1.57 bits per heavy atom. The van der Waals surface area contributed by atoms with E-state index in [2.05, 4.69) is 27.1 Å². The van der Waals surface area contributed by atoms with Gasteiger partial charge in [0, 0.05) is 37.3 Å². The lowest BCUT2D eigenvalue weighted by Crippen LogP contribution is -2.44. The molecule has 6 heteroatoms. The number of fused-ring (bicyclic) bond motifs is 2. The summed E-state index contributed by atoms with van der Waals surface area (Å²) in [4.78, 5) is 22.5. The second-order valence-corrected chi connectivity index (χ2v) is 7.80. The lowest BCUT2D eigenvalue weighted by Gasteiger charge is -2.33. The number of hydrogen-bond acceptors (Lipinski definition) is 5. The highest BCUT2D eigenvalue weighted by Gasteiger charge is 2.32. The number of hydrogen-bond donors (Lipinski definition) is 1. The topological polar surface area (TPSA) is 57.7 Å². The van der Waals surface area contributed by atoms with Crippen LogP contribution in [-0.4, -0.2) is 49.0 Å². The second-order valence-electron chi connectivity index (χ2n) is 7.80. The number of carbonyl (C=O) groups is 1. The molecule has 3 heterocycles. The van der Waals surface area contributed by atoms with E-state index in [0.717, 1.165) is 54.6 Å². The zero-order valence-electron chi connectivity index (χ0n) is 16.9. The maximum atomic E-state index is 13.3. The molecule has 1 aromatic heterocycles. The number of amides is 1. The van der Waals surface area contributed by atoms with Crippen LogP contribution >= 0.6 is 0 Å². The highest BCUT2D eigenvalue weighted by molar-refractivity contribution is 5.99. The number of piperazine rings is 1. The monoisotopic (exact) mass is 400 g/mol. The summed E-state index contributed by atoms with van der Waals surface area (Å²) >= 11 is 0. The summed E-state index contributed by atoms with van der Waals surface area (Å²) in [6, 6.07) is 19.3. The summed E-state index contributed by atoms with van der Waals surface area (Å²) in [7, 11) is 2.13. The maximum Gasteiger partial charge on any atom is 0.236 e. The molecule has 0 radical (unpaired) electrons. The van der Waals surface area contributed by atoms with Crippen molar-refractivity contribution in [3.63, 3.8) is 0 Å². The minimum Gasteiger partial charge on any atom is -0.457 e. The molecule has 1 N–H and O–H groups in total. The third kappa shape index (κ3) is 3.50. The molecule has 30 heavy (non-hydrogen) atoms. The Balaban J connectivity index is 1.37. The molecule has 0 spiro atoms. The molecule has 2 aromatic carbocycles. The molecule has 5 rings (SSSR count). The van der Waals surface area contributed by atoms with Crippen LogP contribution in [0.15, 0.2) is 66.9 Å². The van der Waals surface area contributed by atoms with Crippen molar-refractivity contribution in [1.82, 2.24) is 9.88 Å². The van der Waals surface area contributed by atoms with Gasteiger partial charge in [0.1, 0.15) is 17.3 Å². The van der Waals surface area contributed by atoms with Gasteiger partial charge in [-0.05, 0) is 31.3 Å². The third-order valence-corrected chi connectivity index (χ3v) is 5.78. The van der Waals surface area contributed by atoms with Gasteiger partial charge in [-0.2, -0.15) is 0 Å². The van der Waals surface area contributed by atoms with E-state index in [0.29, 0.717) is 5.69 Å². The number of nitrogens with zero attached hydrogens (tertiary/aromatic N) is 3. The highest BCUT2D eigenvalue weighted by atomic mass is 16.5. The van der Waals surface area contributed by atoms with Gasteiger partial charge in [-0.3, -0.25) is 4.79 Å². The average Bonchev–Trinajstić information content (AvgIpc) is 2.78. The van der Waals surface area contributed by atoms with Crippen molar-refractivity contribution < 1.29 is 9.53 Å². The van der Waals surface area contributed by atoms with Gasteiger partial charge < -0.3 is 19.9 Å². The number of pyridine rings is 1. The molecule has 1 saturated heterocycles. The molecular formula is C24H24N4O2. The van der Waals surface area contributed by atoms with Gasteiger partial charge in [-0.15, -0.1) is 0 Å². The van der Waals surface area contributed by atoms with E-state index in [1.807, 2.05) is 60.7 Å². The molecule has 0 unspecified atom stereocenters. The van der Waals surface area contributed by atoms with Crippen LogP contribution in [0, 0.1) is 0 Å². The number of nitrogens with one attached hydrogen (secondary N) is 1. The number of likely N-dealkylation sites (N-methyl/N-ethyl adjacent to an activating group) is 1. The first-order chi connectivity index (χ1) is 14.7. The molecule has 1 fully saturated rings. The quantitative estimate of drug-likeness (QED) is 0.726. The molecule has 2 aliphatic heterocycles. The fraction of sp³-hybridized carbons (Fsp3) is 0.250. The normalized spacial score (nSPS) is 16.4. The van der Waals surface area contributed by atoms with Gasteiger partial charge in [0.2, 0.25) is 5.91 Å². The molecule has 6 nitrogen and oxygen atoms in total. The van der Waals surface area contributed by atoms with Gasteiger partial charge in [0.15, 0.2) is 0 Å². The lowest BCUT2D eigenvalue weighted by molar-refractivity contribution is -0.116. The van der Waals surface area contributed by atoms with Gasteiger partial charge in [0.05, 0.1) is 17.8 Å². The number of carbonyl (C=O) groups excluding carboxylic acids is 1. The Morgan fingerprint density at radius 1 is 0.933 bits per heavy atom. The van der Waals surface area contributed by atoms with E-state index in [4.69, 9.17) is 4.74 Å². The first-order valence-electron chi connectivity index (χ1n) is 10.2. The fourth-order valence-corrected chi connectivity index (χ4v) is 4.09. The standard InChI is InChI=1S/C24H24N4O2/c1-27-12-14-28(15-13-27)22-11-10-17(16-25-22)26-24(29)23-18-6-2-4-8-20(18)30-21-9-5-3-7-19(21)23/h2-11,16,23H,12-15H2,1H3,(H,26,29). The van der Waals surface area contributed by atoms with E-state index < -0.39 is 5.92 Å². The number of benzene rings is 2. The van der Waals surface area contributed by atoms with E-state index in [1.54, 1.807) is 6.20 Å². The molecule has 152 valence electrons. The molecule has 2 aliphatic rings. The van der Waals surface area contributed by atoms with E-state index >= 15 is 0 Å². The summed E-state index contributed by atoms with van der Waals surface area (Å²) in [5, 5.41) is 3.05. The average molecular weight is 400 g/mol. The minimum atomic E-state index is -0.427.